The van der Waals surface area contributed by atoms with Gasteiger partial charge in [0.25, 0.3) is 0 Å². The first-order valence-corrected chi connectivity index (χ1v) is 10.7. The zero-order valence-corrected chi connectivity index (χ0v) is 18.3. The maximum atomic E-state index is 13.6. The number of aromatic nitrogens is 3. The van der Waals surface area contributed by atoms with Gasteiger partial charge in [0, 0.05) is 36.5 Å². The zero-order valence-electron chi connectivity index (χ0n) is 16.7. The molecule has 1 aromatic carbocycles. The minimum Gasteiger partial charge on any atom is -0.387 e. The average Bonchev–Trinajstić information content (AvgIpc) is 3.28. The second kappa shape index (κ2) is 8.43. The molecular formula is C19H17ClF3N5O3S. The third-order valence-electron chi connectivity index (χ3n) is 5.02. The van der Waals surface area contributed by atoms with Crippen molar-refractivity contribution in [2.75, 3.05) is 13.1 Å². The highest BCUT2D eigenvalue weighted by Crippen LogP contribution is 2.33. The van der Waals surface area contributed by atoms with Crippen LogP contribution in [0.3, 0.4) is 0 Å². The molecule has 1 aliphatic rings. The SMILES string of the molecule is CC(O)(CN1CCc2nc(-c3cc(F)c(F)c(F)c3)sc2C1)Cn1cc([N+](=O)[O-])nc1Cl. The van der Waals surface area contributed by atoms with Crippen LogP contribution in [0.2, 0.25) is 5.28 Å². The zero-order chi connectivity index (χ0) is 23.2. The van der Waals surface area contributed by atoms with E-state index in [1.165, 1.54) is 22.1 Å². The Hall–Kier alpha value is -2.54. The third-order valence-corrected chi connectivity index (χ3v) is 6.45. The Labute approximate surface area is 189 Å². The first kappa shape index (κ1) is 22.6. The molecule has 1 N–H and O–H groups in total. The van der Waals surface area contributed by atoms with Crippen LogP contribution >= 0.6 is 22.9 Å². The van der Waals surface area contributed by atoms with Gasteiger partial charge in [0.2, 0.25) is 0 Å². The quantitative estimate of drug-likeness (QED) is 0.323. The van der Waals surface area contributed by atoms with Crippen molar-refractivity contribution in [2.24, 2.45) is 0 Å². The van der Waals surface area contributed by atoms with E-state index in [0.717, 1.165) is 22.7 Å². The molecule has 170 valence electrons. The number of benzene rings is 1. The number of hydrogen-bond acceptors (Lipinski definition) is 7. The van der Waals surface area contributed by atoms with Gasteiger partial charge in [-0.1, -0.05) is 0 Å². The monoisotopic (exact) mass is 487 g/mol. The molecule has 0 bridgehead atoms. The van der Waals surface area contributed by atoms with Crippen molar-refractivity contribution in [1.82, 2.24) is 19.4 Å². The summed E-state index contributed by atoms with van der Waals surface area (Å²) in [5, 5.41) is 22.0. The number of nitro groups is 1. The summed E-state index contributed by atoms with van der Waals surface area (Å²) >= 11 is 7.19. The van der Waals surface area contributed by atoms with Crippen molar-refractivity contribution in [3.05, 3.63) is 61.8 Å². The first-order valence-electron chi connectivity index (χ1n) is 9.48. The summed E-state index contributed by atoms with van der Waals surface area (Å²) in [6, 6.07) is 1.83. The van der Waals surface area contributed by atoms with Crippen LogP contribution in [0.25, 0.3) is 10.6 Å². The molecule has 0 fully saturated rings. The van der Waals surface area contributed by atoms with Gasteiger partial charge in [-0.3, -0.25) is 9.47 Å². The number of hydrogen-bond donors (Lipinski definition) is 1. The molecular weight excluding hydrogens is 471 g/mol. The topological polar surface area (TPSA) is 97.3 Å². The van der Waals surface area contributed by atoms with Crippen LogP contribution in [0.15, 0.2) is 18.3 Å². The summed E-state index contributed by atoms with van der Waals surface area (Å²) in [5.74, 6) is -4.47. The molecule has 0 spiro atoms. The van der Waals surface area contributed by atoms with Crippen LogP contribution in [-0.2, 0) is 19.5 Å². The Morgan fingerprint density at radius 2 is 1.97 bits per heavy atom. The van der Waals surface area contributed by atoms with Crippen LogP contribution in [0, 0.1) is 27.6 Å². The number of fused-ring (bicyclic) bond motifs is 1. The first-order chi connectivity index (χ1) is 15.0. The van der Waals surface area contributed by atoms with E-state index >= 15 is 0 Å². The standard InChI is InChI=1S/C19H17ClF3N5O3S/c1-19(29,9-27-7-15(28(30)31)25-18(27)20)8-26-3-2-13-14(6-26)32-17(24-13)10-4-11(21)16(23)12(22)5-10/h4-5,7,29H,2-3,6,8-9H2,1H3. The van der Waals surface area contributed by atoms with Gasteiger partial charge in [-0.05, 0) is 40.6 Å². The second-order valence-electron chi connectivity index (χ2n) is 7.85. The van der Waals surface area contributed by atoms with E-state index in [0.29, 0.717) is 24.5 Å². The normalized spacial score (nSPS) is 16.1. The summed E-state index contributed by atoms with van der Waals surface area (Å²) in [4.78, 5) is 21.1. The molecule has 0 aliphatic carbocycles. The maximum absolute atomic E-state index is 13.6. The van der Waals surface area contributed by atoms with Gasteiger partial charge in [0.15, 0.2) is 17.5 Å². The molecule has 3 heterocycles. The number of halogens is 4. The minimum atomic E-state index is -1.52. The van der Waals surface area contributed by atoms with E-state index in [-0.39, 0.29) is 23.9 Å². The predicted molar refractivity (Wildman–Crippen MR) is 111 cm³/mol. The van der Waals surface area contributed by atoms with Gasteiger partial charge in [0.05, 0.1) is 17.8 Å². The molecule has 0 radical (unpaired) electrons. The Bertz CT molecular complexity index is 1180. The number of β-amino-alcohol motifs (C(OH)–C–C–N with tert-alkyl or cyclic N) is 1. The molecule has 32 heavy (non-hydrogen) atoms. The molecule has 0 saturated carbocycles. The lowest BCUT2D eigenvalue weighted by Gasteiger charge is -2.33. The minimum absolute atomic E-state index is 0.00188. The van der Waals surface area contributed by atoms with Gasteiger partial charge in [-0.25, -0.2) is 18.2 Å². The van der Waals surface area contributed by atoms with Gasteiger partial charge in [0.1, 0.15) is 11.2 Å². The summed E-state index contributed by atoms with van der Waals surface area (Å²) < 4.78 is 41.7. The van der Waals surface area contributed by atoms with E-state index in [4.69, 9.17) is 11.6 Å². The van der Waals surface area contributed by atoms with E-state index < -0.39 is 33.8 Å². The fraction of sp³-hybridized carbons (Fsp3) is 0.368. The molecule has 8 nitrogen and oxygen atoms in total. The summed E-state index contributed by atoms with van der Waals surface area (Å²) in [6.07, 6.45) is 1.73. The lowest BCUT2D eigenvalue weighted by Crippen LogP contribution is -2.45. The van der Waals surface area contributed by atoms with Crippen LogP contribution < -0.4 is 0 Å². The Kier molecular flexibility index (Phi) is 5.96. The lowest BCUT2D eigenvalue weighted by molar-refractivity contribution is -0.389. The molecule has 1 atom stereocenters. The third kappa shape index (κ3) is 4.63. The average molecular weight is 488 g/mol. The van der Waals surface area contributed by atoms with Crippen molar-refractivity contribution in [1.29, 1.82) is 0 Å². The van der Waals surface area contributed by atoms with Crippen LogP contribution in [0.1, 0.15) is 17.5 Å². The Morgan fingerprint density at radius 1 is 1.28 bits per heavy atom. The fourth-order valence-corrected chi connectivity index (χ4v) is 5.00. The van der Waals surface area contributed by atoms with Crippen molar-refractivity contribution >= 4 is 28.8 Å². The maximum Gasteiger partial charge on any atom is 0.383 e. The predicted octanol–water partition coefficient (Wildman–Crippen LogP) is 3.79. The van der Waals surface area contributed by atoms with Crippen LogP contribution in [0.4, 0.5) is 19.0 Å². The molecule has 1 aliphatic heterocycles. The molecule has 0 amide bonds. The van der Waals surface area contributed by atoms with Crippen molar-refractivity contribution in [2.45, 2.75) is 32.0 Å². The van der Waals surface area contributed by atoms with Gasteiger partial charge in [-0.15, -0.1) is 11.3 Å². The van der Waals surface area contributed by atoms with E-state index in [9.17, 15) is 28.4 Å². The van der Waals surface area contributed by atoms with Gasteiger partial charge < -0.3 is 15.2 Å². The highest BCUT2D eigenvalue weighted by atomic mass is 35.5. The highest BCUT2D eigenvalue weighted by Gasteiger charge is 2.31. The summed E-state index contributed by atoms with van der Waals surface area (Å²) in [5.41, 5.74) is -0.318. The molecule has 4 rings (SSSR count). The van der Waals surface area contributed by atoms with Crippen molar-refractivity contribution < 1.29 is 23.2 Å². The smallest absolute Gasteiger partial charge is 0.383 e. The fourth-order valence-electron chi connectivity index (χ4n) is 3.66. The number of imidazole rings is 1. The van der Waals surface area contributed by atoms with Crippen LogP contribution in [0.5, 0.6) is 0 Å². The molecule has 1 unspecified atom stereocenters. The molecule has 3 aromatic rings. The largest absolute Gasteiger partial charge is 0.387 e. The van der Waals surface area contributed by atoms with E-state index in [2.05, 4.69) is 9.97 Å². The summed E-state index contributed by atoms with van der Waals surface area (Å²) in [6.45, 7) is 2.86. The summed E-state index contributed by atoms with van der Waals surface area (Å²) in [7, 11) is 0. The number of aliphatic hydroxyl groups is 1. The van der Waals surface area contributed by atoms with Crippen molar-refractivity contribution in [3.8, 4) is 10.6 Å². The molecule has 2 aromatic heterocycles. The van der Waals surface area contributed by atoms with E-state index in [1.807, 2.05) is 4.90 Å². The second-order valence-corrected chi connectivity index (χ2v) is 9.28. The lowest BCUT2D eigenvalue weighted by atomic mass is 10.0. The number of thiazole rings is 1. The number of nitrogens with zero attached hydrogens (tertiary/aromatic N) is 5. The highest BCUT2D eigenvalue weighted by molar-refractivity contribution is 7.15. The van der Waals surface area contributed by atoms with Crippen molar-refractivity contribution in [3.63, 3.8) is 0 Å². The Balaban J connectivity index is 1.47. The number of rotatable bonds is 6. The van der Waals surface area contributed by atoms with Gasteiger partial charge >= 0.3 is 11.1 Å². The van der Waals surface area contributed by atoms with Gasteiger partial charge in [-0.2, -0.15) is 0 Å². The van der Waals surface area contributed by atoms with E-state index in [1.54, 1.807) is 6.92 Å². The Morgan fingerprint density at radius 3 is 2.59 bits per heavy atom. The molecule has 0 saturated heterocycles. The van der Waals surface area contributed by atoms with Crippen LogP contribution in [-0.4, -0.2) is 48.2 Å². The molecule has 13 heteroatoms.